The van der Waals surface area contributed by atoms with E-state index in [1.165, 1.54) is 0 Å². The predicted molar refractivity (Wildman–Crippen MR) is 144 cm³/mol. The second-order valence-corrected chi connectivity index (χ2v) is 14.8. The van der Waals surface area contributed by atoms with Crippen molar-refractivity contribution >= 4 is 17.5 Å². The Morgan fingerprint density at radius 2 is 1.68 bits per heavy atom. The van der Waals surface area contributed by atoms with Crippen molar-refractivity contribution in [1.82, 2.24) is 0 Å². The fourth-order valence-corrected chi connectivity index (χ4v) is 10.0. The number of fused-ring (bicyclic) bond motifs is 7. The average Bonchev–Trinajstić information content (AvgIpc) is 2.84. The van der Waals surface area contributed by atoms with Crippen LogP contribution in [0.25, 0.3) is 15.3 Å². The van der Waals surface area contributed by atoms with Crippen LogP contribution in [0.1, 0.15) is 93.4 Å². The maximum Gasteiger partial charge on any atom is 0.226 e. The summed E-state index contributed by atoms with van der Waals surface area (Å²) >= 11 is 0. The number of nitrogens with zero attached hydrogens (tertiary/aromatic N) is 4. The van der Waals surface area contributed by atoms with Crippen LogP contribution in [0.3, 0.4) is 0 Å². The van der Waals surface area contributed by atoms with E-state index in [9.17, 15) is 14.4 Å². The van der Waals surface area contributed by atoms with Gasteiger partial charge in [0.05, 0.1) is 6.57 Å². The molecule has 5 rings (SSSR count). The molecule has 5 aliphatic carbocycles. The van der Waals surface area contributed by atoms with Crippen molar-refractivity contribution < 1.29 is 14.4 Å². The van der Waals surface area contributed by atoms with Gasteiger partial charge in [-0.2, -0.15) is 0 Å². The number of hydrogen-bond donors (Lipinski definition) is 0. The molecule has 202 valence electrons. The first-order chi connectivity index (χ1) is 17.5. The summed E-state index contributed by atoms with van der Waals surface area (Å²) in [7, 11) is 0. The molecule has 7 heteroatoms. The minimum Gasteiger partial charge on any atom is -0.307 e. The van der Waals surface area contributed by atoms with Gasteiger partial charge in [-0.3, -0.25) is 9.59 Å². The maximum atomic E-state index is 14.3. The van der Waals surface area contributed by atoms with Gasteiger partial charge in [-0.15, -0.1) is 0 Å². The van der Waals surface area contributed by atoms with Gasteiger partial charge in [0, 0.05) is 27.1 Å². The summed E-state index contributed by atoms with van der Waals surface area (Å²) in [6, 6.07) is 0. The number of ketones is 2. The molecule has 38 heavy (non-hydrogen) atoms. The van der Waals surface area contributed by atoms with Gasteiger partial charge in [-0.05, 0) is 89.7 Å². The minimum atomic E-state index is -0.759. The second-order valence-electron chi connectivity index (χ2n) is 14.8. The molecule has 0 aromatic heterocycles. The van der Waals surface area contributed by atoms with E-state index < -0.39 is 22.2 Å². The van der Waals surface area contributed by atoms with Crippen LogP contribution in [0.2, 0.25) is 0 Å². The van der Waals surface area contributed by atoms with Crippen molar-refractivity contribution in [2.24, 2.45) is 55.4 Å². The zero-order valence-electron chi connectivity index (χ0n) is 23.9. The Labute approximate surface area is 225 Å². The first kappa shape index (κ1) is 26.9. The lowest BCUT2D eigenvalue weighted by atomic mass is 9.34. The smallest absolute Gasteiger partial charge is 0.226 e. The molecule has 0 saturated heterocycles. The molecule has 5 aliphatic rings. The van der Waals surface area contributed by atoms with E-state index in [0.29, 0.717) is 12.8 Å². The number of amides is 1. The van der Waals surface area contributed by atoms with E-state index in [4.69, 9.17) is 12.1 Å². The van der Waals surface area contributed by atoms with Gasteiger partial charge in [0.15, 0.2) is 11.6 Å². The Morgan fingerprint density at radius 1 is 1.03 bits per heavy atom. The van der Waals surface area contributed by atoms with Gasteiger partial charge >= 0.3 is 0 Å². The summed E-state index contributed by atoms with van der Waals surface area (Å²) in [5, 5.41) is 3.48. The fourth-order valence-electron chi connectivity index (χ4n) is 10.0. The Hall–Kier alpha value is -2.71. The van der Waals surface area contributed by atoms with Crippen LogP contribution < -0.4 is 0 Å². The second kappa shape index (κ2) is 7.92. The molecule has 1 amide bonds. The molecule has 0 spiro atoms. The van der Waals surface area contributed by atoms with E-state index in [-0.39, 0.29) is 51.3 Å². The topological polar surface area (TPSA) is 104 Å². The van der Waals surface area contributed by atoms with Crippen molar-refractivity contribution in [3.05, 3.63) is 45.3 Å². The maximum absolute atomic E-state index is 14.3. The lowest BCUT2D eigenvalue weighted by molar-refractivity contribution is -0.171. The summed E-state index contributed by atoms with van der Waals surface area (Å²) in [6.45, 7) is 22.6. The summed E-state index contributed by atoms with van der Waals surface area (Å²) in [4.78, 5) is 46.8. The number of rotatable bonds is 1. The van der Waals surface area contributed by atoms with E-state index in [1.54, 1.807) is 0 Å². The van der Waals surface area contributed by atoms with Gasteiger partial charge in [0.25, 0.3) is 0 Å². The molecular weight excluding hydrogens is 476 g/mol. The highest BCUT2D eigenvalue weighted by Crippen LogP contribution is 2.74. The first-order valence-electron chi connectivity index (χ1n) is 14.1. The van der Waals surface area contributed by atoms with Crippen LogP contribution in [0.4, 0.5) is 0 Å². The Kier molecular flexibility index (Phi) is 5.60. The molecule has 3 saturated carbocycles. The number of hydrogen-bond acceptors (Lipinski definition) is 3. The van der Waals surface area contributed by atoms with Crippen molar-refractivity contribution in [1.29, 1.82) is 0 Å². The number of carbonyl (C=O) groups excluding carboxylic acids is 3. The lowest BCUT2D eigenvalue weighted by Crippen LogP contribution is -2.64. The highest BCUT2D eigenvalue weighted by atomic mass is 16.2. The van der Waals surface area contributed by atoms with Crippen molar-refractivity contribution in [3.63, 3.8) is 0 Å². The van der Waals surface area contributed by atoms with E-state index in [0.717, 1.165) is 37.7 Å². The van der Waals surface area contributed by atoms with Gasteiger partial charge < -0.3 is 4.79 Å². The highest BCUT2D eigenvalue weighted by Gasteiger charge is 2.69. The van der Waals surface area contributed by atoms with Crippen molar-refractivity contribution in [3.8, 4) is 0 Å². The summed E-state index contributed by atoms with van der Waals surface area (Å²) in [5.41, 5.74) is 7.59. The molecule has 0 N–H and O–H groups in total. The zero-order valence-corrected chi connectivity index (χ0v) is 23.9. The Morgan fingerprint density at radius 3 is 2.32 bits per heavy atom. The summed E-state index contributed by atoms with van der Waals surface area (Å²) < 4.78 is 0. The first-order valence-corrected chi connectivity index (χ1v) is 14.1. The molecule has 0 radical (unpaired) electrons. The normalized spacial score (nSPS) is 47.1. The summed E-state index contributed by atoms with van der Waals surface area (Å²) in [6.07, 6.45) is 9.47. The molecule has 0 unspecified atom stereocenters. The summed E-state index contributed by atoms with van der Waals surface area (Å²) in [5.74, 6) is -0.580. The number of Topliss-reactive ketones (excluding diaryl/α,β-unsaturated/α-hetero) is 1. The minimum absolute atomic E-state index is 0.0178. The third kappa shape index (κ3) is 3.13. The fraction of sp³-hybridized carbons (Fsp3) is 0.742. The Bertz CT molecular complexity index is 1310. The third-order valence-corrected chi connectivity index (χ3v) is 12.7. The highest BCUT2D eigenvalue weighted by molar-refractivity contribution is 6.03. The van der Waals surface area contributed by atoms with E-state index in [2.05, 4.69) is 42.6 Å². The van der Waals surface area contributed by atoms with Gasteiger partial charge in [-0.1, -0.05) is 60.1 Å². The number of carbonyl (C=O) groups is 3. The van der Waals surface area contributed by atoms with Crippen molar-refractivity contribution in [2.75, 3.05) is 0 Å². The van der Waals surface area contributed by atoms with Crippen LogP contribution >= 0.6 is 0 Å². The van der Waals surface area contributed by atoms with E-state index in [1.807, 2.05) is 32.9 Å². The molecule has 8 atom stereocenters. The molecular formula is C31H40N4O3. The van der Waals surface area contributed by atoms with Crippen LogP contribution in [0.5, 0.6) is 0 Å². The SMILES string of the molecule is [C-]#[N+]C1=C[C@]2(C)C3=CC(=O)[C@@H]4[C@@H]5C[C@@](C)(C(=O)N=[N+]=[N-])CC[C@]5(C)CC[C@@]4(C)[C@]3(C)CC[C@H]2C(C)(C)C1=O. The van der Waals surface area contributed by atoms with E-state index >= 15 is 0 Å². The number of allylic oxidation sites excluding steroid dienone is 4. The molecule has 7 nitrogen and oxygen atoms in total. The molecule has 0 aliphatic heterocycles. The number of azide groups is 1. The lowest BCUT2D eigenvalue weighted by Gasteiger charge is -2.69. The molecule has 0 bridgehead atoms. The molecule has 0 aromatic rings. The predicted octanol–water partition coefficient (Wildman–Crippen LogP) is 7.40. The van der Waals surface area contributed by atoms with Gasteiger partial charge in [0.2, 0.25) is 11.6 Å². The zero-order chi connectivity index (χ0) is 28.1. The Balaban J connectivity index is 1.66. The molecule has 0 heterocycles. The van der Waals surface area contributed by atoms with Crippen molar-refractivity contribution in [2.45, 2.75) is 93.4 Å². The van der Waals surface area contributed by atoms with Crippen LogP contribution in [0.15, 0.2) is 28.5 Å². The van der Waals surface area contributed by atoms with Crippen LogP contribution in [0, 0.1) is 56.8 Å². The monoisotopic (exact) mass is 516 g/mol. The van der Waals surface area contributed by atoms with Gasteiger partial charge in [0.1, 0.15) is 0 Å². The van der Waals surface area contributed by atoms with Gasteiger partial charge in [-0.25, -0.2) is 4.85 Å². The quantitative estimate of drug-likeness (QED) is 0.157. The average molecular weight is 517 g/mol. The third-order valence-electron chi connectivity index (χ3n) is 12.7. The molecule has 0 aromatic carbocycles. The van der Waals surface area contributed by atoms with Crippen LogP contribution in [-0.4, -0.2) is 17.5 Å². The largest absolute Gasteiger partial charge is 0.307 e. The van der Waals surface area contributed by atoms with Crippen LogP contribution in [-0.2, 0) is 14.4 Å². The molecule has 3 fully saturated rings. The standard InChI is InChI=1S/C31H40N4O3/c1-26(2)21-9-10-30(6)22(29(21,5)17-19(33-8)24(26)37)15-20(36)23-18-16-28(4,25(38)34-35-32)12-11-27(18,3)13-14-31(23,30)7/h15,17-18,21,23H,9-14,16H2,1-7H3/t18-,21-,23-,27+,28-,29-,30+,31+/m0/s1.